The van der Waals surface area contributed by atoms with Crippen LogP contribution in [0, 0.1) is 5.41 Å². The van der Waals surface area contributed by atoms with E-state index in [0.717, 1.165) is 29.4 Å². The number of benzene rings is 1. The number of hydrogen-bond acceptors (Lipinski definition) is 4. The average molecular weight is 293 g/mol. The lowest BCUT2D eigenvalue weighted by Crippen LogP contribution is -2.15. The predicted octanol–water partition coefficient (Wildman–Crippen LogP) is 3.39. The quantitative estimate of drug-likeness (QED) is 0.783. The zero-order chi connectivity index (χ0) is 15.0. The summed E-state index contributed by atoms with van der Waals surface area (Å²) in [5.41, 5.74) is 2.28. The molecular weight excluding hydrogens is 274 g/mol. The van der Waals surface area contributed by atoms with E-state index in [1.807, 2.05) is 47.0 Å². The Kier molecular flexibility index (Phi) is 3.06. The first-order chi connectivity index (χ1) is 10.8. The summed E-state index contributed by atoms with van der Waals surface area (Å²) < 4.78 is 1.81. The third kappa shape index (κ3) is 2.32. The molecule has 1 aliphatic rings. The van der Waals surface area contributed by atoms with E-state index in [1.54, 1.807) is 0 Å². The van der Waals surface area contributed by atoms with Gasteiger partial charge in [-0.25, -0.2) is 0 Å². The molecule has 5 nitrogen and oxygen atoms in total. The van der Waals surface area contributed by atoms with Crippen molar-refractivity contribution in [1.82, 2.24) is 19.8 Å². The molecule has 2 heterocycles. The summed E-state index contributed by atoms with van der Waals surface area (Å²) in [5, 5.41) is 16.6. The zero-order valence-electron chi connectivity index (χ0n) is 12.7. The minimum atomic E-state index is 0.492. The molecule has 22 heavy (non-hydrogen) atoms. The van der Waals surface area contributed by atoms with Gasteiger partial charge in [0, 0.05) is 12.1 Å². The van der Waals surface area contributed by atoms with Gasteiger partial charge in [-0.15, -0.1) is 15.3 Å². The topological polar surface area (TPSA) is 55.1 Å². The summed E-state index contributed by atoms with van der Waals surface area (Å²) in [4.78, 5) is 0. The molecule has 1 aliphatic carbocycles. The van der Waals surface area contributed by atoms with Crippen molar-refractivity contribution >= 4 is 11.5 Å². The van der Waals surface area contributed by atoms with Crippen molar-refractivity contribution in [3.63, 3.8) is 0 Å². The number of nitrogens with one attached hydrogen (secondary N) is 1. The summed E-state index contributed by atoms with van der Waals surface area (Å²) in [7, 11) is 0. The number of fused-ring (bicyclic) bond motifs is 1. The lowest BCUT2D eigenvalue weighted by atomic mass is 10.0. The van der Waals surface area contributed by atoms with E-state index < -0.39 is 0 Å². The molecule has 4 rings (SSSR count). The van der Waals surface area contributed by atoms with Gasteiger partial charge in [0.15, 0.2) is 11.5 Å². The molecule has 1 aromatic carbocycles. The molecule has 5 heteroatoms. The van der Waals surface area contributed by atoms with Gasteiger partial charge in [-0.3, -0.25) is 0 Å². The number of rotatable bonds is 5. The first-order valence-electron chi connectivity index (χ1n) is 7.81. The van der Waals surface area contributed by atoms with Gasteiger partial charge in [-0.2, -0.15) is 4.52 Å². The molecular formula is C17H19N5. The van der Waals surface area contributed by atoms with Crippen LogP contribution in [0.4, 0.5) is 5.82 Å². The van der Waals surface area contributed by atoms with Gasteiger partial charge in [0.25, 0.3) is 0 Å². The van der Waals surface area contributed by atoms with Crippen molar-refractivity contribution in [2.45, 2.75) is 26.2 Å². The van der Waals surface area contributed by atoms with Crippen LogP contribution in [0.1, 0.15) is 26.2 Å². The highest BCUT2D eigenvalue weighted by molar-refractivity contribution is 5.59. The van der Waals surface area contributed by atoms with Crippen molar-refractivity contribution in [1.29, 1.82) is 0 Å². The number of nitrogens with zero attached hydrogens (tertiary/aromatic N) is 4. The first-order valence-corrected chi connectivity index (χ1v) is 7.81. The molecule has 1 fully saturated rings. The molecule has 0 amide bonds. The second kappa shape index (κ2) is 5.09. The summed E-state index contributed by atoms with van der Waals surface area (Å²) >= 11 is 0. The van der Waals surface area contributed by atoms with Crippen LogP contribution >= 0.6 is 0 Å². The Morgan fingerprint density at radius 3 is 2.64 bits per heavy atom. The van der Waals surface area contributed by atoms with Crippen molar-refractivity contribution in [2.24, 2.45) is 5.41 Å². The molecule has 112 valence electrons. The zero-order valence-corrected chi connectivity index (χ0v) is 12.7. The largest absolute Gasteiger partial charge is 0.368 e. The minimum absolute atomic E-state index is 0.492. The van der Waals surface area contributed by atoms with Gasteiger partial charge in [-0.05, 0) is 36.8 Å². The molecule has 2 aromatic heterocycles. The van der Waals surface area contributed by atoms with Crippen LogP contribution < -0.4 is 5.32 Å². The second-order valence-corrected chi connectivity index (χ2v) is 6.09. The summed E-state index contributed by atoms with van der Waals surface area (Å²) in [6, 6.07) is 14.0. The van der Waals surface area contributed by atoms with Gasteiger partial charge >= 0.3 is 0 Å². The first kappa shape index (κ1) is 13.2. The van der Waals surface area contributed by atoms with E-state index >= 15 is 0 Å². The van der Waals surface area contributed by atoms with E-state index in [2.05, 4.69) is 27.5 Å². The second-order valence-electron chi connectivity index (χ2n) is 6.09. The molecule has 1 saturated carbocycles. The minimum Gasteiger partial charge on any atom is -0.368 e. The number of aromatic nitrogens is 4. The molecule has 0 spiro atoms. The molecule has 0 radical (unpaired) electrons. The summed E-state index contributed by atoms with van der Waals surface area (Å²) in [6.07, 6.45) is 3.87. The van der Waals surface area contributed by atoms with Gasteiger partial charge in [0.05, 0.1) is 0 Å². The van der Waals surface area contributed by atoms with E-state index in [1.165, 1.54) is 19.3 Å². The summed E-state index contributed by atoms with van der Waals surface area (Å²) in [6.45, 7) is 3.25. The van der Waals surface area contributed by atoms with Gasteiger partial charge in [-0.1, -0.05) is 37.3 Å². The van der Waals surface area contributed by atoms with Crippen molar-refractivity contribution in [3.8, 4) is 11.4 Å². The third-order valence-electron chi connectivity index (χ3n) is 4.65. The standard InChI is InChI=1S/C17H19N5/c1-2-17(10-11-17)12-18-14-8-9-15-19-20-16(22(15)21-14)13-6-4-3-5-7-13/h3-9H,2,10-12H2,1H3,(H,18,21). The Balaban J connectivity index is 1.65. The highest BCUT2D eigenvalue weighted by Crippen LogP contribution is 2.48. The molecule has 0 saturated heterocycles. The van der Waals surface area contributed by atoms with Crippen molar-refractivity contribution < 1.29 is 0 Å². The van der Waals surface area contributed by atoms with Crippen LogP contribution in [-0.4, -0.2) is 26.4 Å². The molecule has 1 N–H and O–H groups in total. The predicted molar refractivity (Wildman–Crippen MR) is 86.7 cm³/mol. The fourth-order valence-electron chi connectivity index (χ4n) is 2.76. The maximum Gasteiger partial charge on any atom is 0.185 e. The van der Waals surface area contributed by atoms with Crippen LogP contribution in [0.15, 0.2) is 42.5 Å². The highest BCUT2D eigenvalue weighted by Gasteiger charge is 2.40. The fraction of sp³-hybridized carbons (Fsp3) is 0.353. The lowest BCUT2D eigenvalue weighted by Gasteiger charge is -2.13. The van der Waals surface area contributed by atoms with E-state index in [0.29, 0.717) is 5.41 Å². The smallest absolute Gasteiger partial charge is 0.185 e. The Morgan fingerprint density at radius 1 is 1.09 bits per heavy atom. The molecule has 0 aliphatic heterocycles. The lowest BCUT2D eigenvalue weighted by molar-refractivity contribution is 0.520. The molecule has 3 aromatic rings. The van der Waals surface area contributed by atoms with Crippen LogP contribution in [0.3, 0.4) is 0 Å². The average Bonchev–Trinajstić information content (AvgIpc) is 3.25. The van der Waals surface area contributed by atoms with Crippen LogP contribution in [0.2, 0.25) is 0 Å². The Labute approximate surface area is 129 Å². The Bertz CT molecular complexity index is 789. The number of anilines is 1. The van der Waals surface area contributed by atoms with Gasteiger partial charge in [0.1, 0.15) is 5.82 Å². The van der Waals surface area contributed by atoms with E-state index in [4.69, 9.17) is 0 Å². The maximum absolute atomic E-state index is 4.66. The Hall–Kier alpha value is -2.43. The molecule has 0 bridgehead atoms. The van der Waals surface area contributed by atoms with Gasteiger partial charge < -0.3 is 5.32 Å². The normalized spacial score (nSPS) is 15.9. The van der Waals surface area contributed by atoms with E-state index in [9.17, 15) is 0 Å². The van der Waals surface area contributed by atoms with Gasteiger partial charge in [0.2, 0.25) is 0 Å². The third-order valence-corrected chi connectivity index (χ3v) is 4.65. The monoisotopic (exact) mass is 293 g/mol. The Morgan fingerprint density at radius 2 is 1.91 bits per heavy atom. The van der Waals surface area contributed by atoms with E-state index in [-0.39, 0.29) is 0 Å². The SMILES string of the molecule is CCC1(CNc2ccc3nnc(-c4ccccc4)n3n2)CC1. The molecule has 0 atom stereocenters. The fourth-order valence-corrected chi connectivity index (χ4v) is 2.76. The molecule has 0 unspecified atom stereocenters. The highest BCUT2D eigenvalue weighted by atomic mass is 15.4. The summed E-state index contributed by atoms with van der Waals surface area (Å²) in [5.74, 6) is 1.65. The number of hydrogen-bond donors (Lipinski definition) is 1. The maximum atomic E-state index is 4.66. The van der Waals surface area contributed by atoms with Crippen LogP contribution in [0.5, 0.6) is 0 Å². The van der Waals surface area contributed by atoms with Crippen molar-refractivity contribution in [3.05, 3.63) is 42.5 Å². The van der Waals surface area contributed by atoms with Crippen molar-refractivity contribution in [2.75, 3.05) is 11.9 Å². The van der Waals surface area contributed by atoms with Crippen LogP contribution in [0.25, 0.3) is 17.0 Å². The van der Waals surface area contributed by atoms with Crippen LogP contribution in [-0.2, 0) is 0 Å².